The molecule has 0 radical (unpaired) electrons. The van der Waals surface area contributed by atoms with Crippen molar-refractivity contribution >= 4 is 11.8 Å². The number of rotatable bonds is 4. The van der Waals surface area contributed by atoms with Crippen LogP contribution in [0.5, 0.6) is 0 Å². The van der Waals surface area contributed by atoms with Crippen molar-refractivity contribution in [1.82, 2.24) is 4.90 Å². The van der Waals surface area contributed by atoms with Crippen LogP contribution in [0.15, 0.2) is 0 Å². The Balaban J connectivity index is 2.64. The lowest BCUT2D eigenvalue weighted by Crippen LogP contribution is -2.51. The van der Waals surface area contributed by atoms with Crippen molar-refractivity contribution in [1.29, 1.82) is 0 Å². The average Bonchev–Trinajstić information content (AvgIpc) is 2.20. The van der Waals surface area contributed by atoms with Gasteiger partial charge in [-0.05, 0) is 18.8 Å². The molecule has 1 aliphatic rings. The number of hydrogen-bond donors (Lipinski definition) is 2. The fraction of sp³-hybridized carbons (Fsp3) is 0.800. The number of carbonyl (C=O) groups excluding carboxylic acids is 2. The summed E-state index contributed by atoms with van der Waals surface area (Å²) in [5.41, 5.74) is 5.23. The number of likely N-dealkylation sites (tertiary alicyclic amines) is 1. The molecule has 1 rings (SSSR count). The predicted molar refractivity (Wildman–Crippen MR) is 54.8 cm³/mol. The number of primary amides is 1. The molecule has 1 heterocycles. The standard InChI is InChI=1S/C10H18N2O3/c1-2-8(10(11)15)12-4-3-7(6-13)5-9(12)14/h7-8,13H,2-6H2,1H3,(H2,11,15). The van der Waals surface area contributed by atoms with Crippen molar-refractivity contribution in [2.24, 2.45) is 11.7 Å². The predicted octanol–water partition coefficient (Wildman–Crippen LogP) is -0.519. The molecular formula is C10H18N2O3. The molecule has 0 aromatic rings. The summed E-state index contributed by atoms with van der Waals surface area (Å²) in [6.07, 6.45) is 1.61. The molecule has 0 aliphatic carbocycles. The van der Waals surface area contributed by atoms with Gasteiger partial charge in [-0.1, -0.05) is 6.92 Å². The molecule has 86 valence electrons. The van der Waals surface area contributed by atoms with Gasteiger partial charge < -0.3 is 15.7 Å². The zero-order chi connectivity index (χ0) is 11.4. The molecule has 1 saturated heterocycles. The van der Waals surface area contributed by atoms with E-state index in [1.165, 1.54) is 4.90 Å². The highest BCUT2D eigenvalue weighted by molar-refractivity contribution is 5.87. The second kappa shape index (κ2) is 5.11. The third-order valence-electron chi connectivity index (χ3n) is 2.91. The van der Waals surface area contributed by atoms with Gasteiger partial charge in [-0.2, -0.15) is 0 Å². The zero-order valence-corrected chi connectivity index (χ0v) is 8.98. The summed E-state index contributed by atoms with van der Waals surface area (Å²) < 4.78 is 0. The Morgan fingerprint density at radius 2 is 2.40 bits per heavy atom. The SMILES string of the molecule is CCC(C(N)=O)N1CCC(CO)CC1=O. The Kier molecular flexibility index (Phi) is 4.08. The number of nitrogens with zero attached hydrogens (tertiary/aromatic N) is 1. The summed E-state index contributed by atoms with van der Waals surface area (Å²) in [7, 11) is 0. The minimum atomic E-state index is -0.489. The van der Waals surface area contributed by atoms with Crippen LogP contribution in [0.4, 0.5) is 0 Å². The van der Waals surface area contributed by atoms with Gasteiger partial charge in [0.05, 0.1) is 0 Å². The van der Waals surface area contributed by atoms with Crippen LogP contribution in [0.3, 0.4) is 0 Å². The lowest BCUT2D eigenvalue weighted by molar-refractivity contribution is -0.143. The van der Waals surface area contributed by atoms with Gasteiger partial charge in [0.1, 0.15) is 6.04 Å². The molecule has 5 heteroatoms. The zero-order valence-electron chi connectivity index (χ0n) is 8.98. The molecule has 5 nitrogen and oxygen atoms in total. The molecule has 1 aliphatic heterocycles. The molecule has 1 fully saturated rings. The minimum absolute atomic E-state index is 0.0347. The van der Waals surface area contributed by atoms with E-state index in [1.807, 2.05) is 6.92 Å². The van der Waals surface area contributed by atoms with E-state index in [0.29, 0.717) is 19.4 Å². The molecule has 0 aromatic carbocycles. The topological polar surface area (TPSA) is 83.6 Å². The van der Waals surface area contributed by atoms with Crippen molar-refractivity contribution in [2.75, 3.05) is 13.2 Å². The van der Waals surface area contributed by atoms with Crippen molar-refractivity contribution in [3.05, 3.63) is 0 Å². The second-order valence-corrected chi connectivity index (χ2v) is 3.95. The molecule has 15 heavy (non-hydrogen) atoms. The second-order valence-electron chi connectivity index (χ2n) is 3.95. The van der Waals surface area contributed by atoms with E-state index in [-0.39, 0.29) is 18.4 Å². The number of carbonyl (C=O) groups is 2. The summed E-state index contributed by atoms with van der Waals surface area (Å²) >= 11 is 0. The summed E-state index contributed by atoms with van der Waals surface area (Å²) in [6.45, 7) is 2.39. The molecular weight excluding hydrogens is 196 g/mol. The van der Waals surface area contributed by atoms with E-state index in [0.717, 1.165) is 6.42 Å². The van der Waals surface area contributed by atoms with Crippen LogP contribution in [0, 0.1) is 5.92 Å². The van der Waals surface area contributed by atoms with Gasteiger partial charge in [0.25, 0.3) is 0 Å². The number of piperidine rings is 1. The summed E-state index contributed by atoms with van der Waals surface area (Å²) in [5.74, 6) is -0.488. The minimum Gasteiger partial charge on any atom is -0.396 e. The van der Waals surface area contributed by atoms with Crippen molar-refractivity contribution < 1.29 is 14.7 Å². The number of aliphatic hydroxyl groups is 1. The van der Waals surface area contributed by atoms with Gasteiger partial charge in [0.2, 0.25) is 11.8 Å². The molecule has 0 saturated carbocycles. The third-order valence-corrected chi connectivity index (χ3v) is 2.91. The number of hydrogen-bond acceptors (Lipinski definition) is 3. The van der Waals surface area contributed by atoms with Crippen LogP contribution in [0.2, 0.25) is 0 Å². The van der Waals surface area contributed by atoms with E-state index in [4.69, 9.17) is 10.8 Å². The van der Waals surface area contributed by atoms with Crippen LogP contribution in [-0.2, 0) is 9.59 Å². The first-order valence-corrected chi connectivity index (χ1v) is 5.29. The smallest absolute Gasteiger partial charge is 0.240 e. The maximum atomic E-state index is 11.7. The van der Waals surface area contributed by atoms with Crippen molar-refractivity contribution in [2.45, 2.75) is 32.2 Å². The first-order valence-electron chi connectivity index (χ1n) is 5.29. The molecule has 0 bridgehead atoms. The monoisotopic (exact) mass is 214 g/mol. The Hall–Kier alpha value is -1.10. The van der Waals surface area contributed by atoms with E-state index >= 15 is 0 Å². The van der Waals surface area contributed by atoms with Crippen molar-refractivity contribution in [3.8, 4) is 0 Å². The van der Waals surface area contributed by atoms with Gasteiger partial charge >= 0.3 is 0 Å². The van der Waals surface area contributed by atoms with Gasteiger partial charge in [-0.15, -0.1) is 0 Å². The van der Waals surface area contributed by atoms with Gasteiger partial charge in [-0.3, -0.25) is 9.59 Å². The fourth-order valence-electron chi connectivity index (χ4n) is 1.97. The lowest BCUT2D eigenvalue weighted by Gasteiger charge is -2.35. The number of aliphatic hydroxyl groups excluding tert-OH is 1. The summed E-state index contributed by atoms with van der Waals surface area (Å²) in [4.78, 5) is 24.3. The highest BCUT2D eigenvalue weighted by atomic mass is 16.3. The Labute approximate surface area is 89.2 Å². The van der Waals surface area contributed by atoms with E-state index < -0.39 is 11.9 Å². The highest BCUT2D eigenvalue weighted by Gasteiger charge is 2.32. The number of nitrogens with two attached hydrogens (primary N) is 1. The molecule has 2 unspecified atom stereocenters. The van der Waals surface area contributed by atoms with Crippen LogP contribution >= 0.6 is 0 Å². The third kappa shape index (κ3) is 2.68. The fourth-order valence-corrected chi connectivity index (χ4v) is 1.97. The normalized spacial score (nSPS) is 24.0. The molecule has 2 amide bonds. The largest absolute Gasteiger partial charge is 0.396 e. The van der Waals surface area contributed by atoms with Crippen LogP contribution in [0.1, 0.15) is 26.2 Å². The summed E-state index contributed by atoms with van der Waals surface area (Å²) in [5, 5.41) is 8.94. The highest BCUT2D eigenvalue weighted by Crippen LogP contribution is 2.20. The average molecular weight is 214 g/mol. The molecule has 3 N–H and O–H groups in total. The van der Waals surface area contributed by atoms with Gasteiger partial charge in [0.15, 0.2) is 0 Å². The van der Waals surface area contributed by atoms with E-state index in [9.17, 15) is 9.59 Å². The Morgan fingerprint density at radius 3 is 2.80 bits per heavy atom. The maximum Gasteiger partial charge on any atom is 0.240 e. The summed E-state index contributed by atoms with van der Waals surface area (Å²) in [6, 6.07) is -0.489. The van der Waals surface area contributed by atoms with E-state index in [2.05, 4.69) is 0 Å². The lowest BCUT2D eigenvalue weighted by atomic mass is 9.95. The Morgan fingerprint density at radius 1 is 1.73 bits per heavy atom. The molecule has 0 aromatic heterocycles. The van der Waals surface area contributed by atoms with Crippen molar-refractivity contribution in [3.63, 3.8) is 0 Å². The number of amides is 2. The quantitative estimate of drug-likeness (QED) is 0.660. The molecule has 2 atom stereocenters. The Bertz CT molecular complexity index is 255. The van der Waals surface area contributed by atoms with E-state index in [1.54, 1.807) is 0 Å². The van der Waals surface area contributed by atoms with Crippen LogP contribution in [-0.4, -0.2) is 41.0 Å². The van der Waals surface area contributed by atoms with Gasteiger partial charge in [0, 0.05) is 19.6 Å². The van der Waals surface area contributed by atoms with Gasteiger partial charge in [-0.25, -0.2) is 0 Å². The van der Waals surface area contributed by atoms with Crippen LogP contribution < -0.4 is 5.73 Å². The maximum absolute atomic E-state index is 11.7. The molecule has 0 spiro atoms. The first kappa shape index (κ1) is 12.0. The first-order chi connectivity index (χ1) is 7.10. The van der Waals surface area contributed by atoms with Crippen LogP contribution in [0.25, 0.3) is 0 Å².